The third-order valence-corrected chi connectivity index (χ3v) is 7.14. The van der Waals surface area contributed by atoms with Crippen molar-refractivity contribution < 1.29 is 46.2 Å². The largest absolute Gasteiger partial charge is 0.453 e. The number of nitrogens with one attached hydrogen (secondary N) is 2. The van der Waals surface area contributed by atoms with E-state index in [9.17, 15) is 41.4 Å². The van der Waals surface area contributed by atoms with E-state index in [1.54, 1.807) is 53.8 Å². The summed E-state index contributed by atoms with van der Waals surface area (Å²) in [5.41, 5.74) is 0.146. The molecule has 1 aliphatic heterocycles. The fourth-order valence-corrected chi connectivity index (χ4v) is 4.65. The van der Waals surface area contributed by atoms with E-state index in [0.29, 0.717) is 22.4 Å². The smallest absolute Gasteiger partial charge is 0.375 e. The molecule has 1 aliphatic rings. The first-order valence-corrected chi connectivity index (χ1v) is 13.6. The zero-order valence-electron chi connectivity index (χ0n) is 23.5. The standard InChI is InChI=1S/C31H30F5N3O5/c1-29(43,27(41)37-16-15-30(32,33)31(34,35)36)28(42)38-25-23-13-6-5-11-21(23)22-12-7-8-14-24(22)39(26(25)40)17-18-44-19-20-9-3-2-4-10-20/h2-14,25,43H,15-19H2,1H3,(H,37,41)(H,38,42)/t25-,29?/m0/s1. The second-order valence-corrected chi connectivity index (χ2v) is 10.3. The molecule has 3 amide bonds. The van der Waals surface area contributed by atoms with Gasteiger partial charge in [-0.2, -0.15) is 22.0 Å². The number of nitrogens with zero attached hydrogens (tertiary/aromatic N) is 1. The summed E-state index contributed by atoms with van der Waals surface area (Å²) in [5, 5.41) is 14.8. The van der Waals surface area contributed by atoms with E-state index in [0.717, 1.165) is 12.5 Å². The van der Waals surface area contributed by atoms with Crippen molar-refractivity contribution in [3.8, 4) is 11.1 Å². The van der Waals surface area contributed by atoms with Crippen LogP contribution < -0.4 is 15.5 Å². The Kier molecular flexibility index (Phi) is 9.69. The van der Waals surface area contributed by atoms with Crippen molar-refractivity contribution in [2.24, 2.45) is 0 Å². The monoisotopic (exact) mass is 619 g/mol. The van der Waals surface area contributed by atoms with Crippen LogP contribution in [0, 0.1) is 0 Å². The molecular formula is C31H30F5N3O5. The molecule has 1 heterocycles. The number of halogens is 5. The first-order valence-electron chi connectivity index (χ1n) is 13.6. The second kappa shape index (κ2) is 13.1. The Balaban J connectivity index is 1.54. The normalized spacial score (nSPS) is 16.3. The Hall–Kier alpha value is -4.36. The summed E-state index contributed by atoms with van der Waals surface area (Å²) in [6.45, 7) is 0.0579. The van der Waals surface area contributed by atoms with Crippen molar-refractivity contribution in [1.29, 1.82) is 0 Å². The number of carbonyl (C=O) groups excluding carboxylic acids is 3. The molecule has 4 rings (SSSR count). The SMILES string of the molecule is CC(O)(C(=O)NCCC(F)(F)C(F)(F)F)C(=O)N[C@@H]1C(=O)N(CCOCc2ccccc2)c2ccccc2-c2ccccc21. The number of aliphatic hydroxyl groups is 1. The van der Waals surface area contributed by atoms with E-state index in [4.69, 9.17) is 4.74 Å². The van der Waals surface area contributed by atoms with Crippen molar-refractivity contribution in [3.05, 3.63) is 90.0 Å². The van der Waals surface area contributed by atoms with Gasteiger partial charge in [0.15, 0.2) is 0 Å². The molecule has 13 heteroatoms. The Morgan fingerprint density at radius 1 is 0.886 bits per heavy atom. The van der Waals surface area contributed by atoms with E-state index in [1.807, 2.05) is 30.3 Å². The predicted octanol–water partition coefficient (Wildman–Crippen LogP) is 4.53. The van der Waals surface area contributed by atoms with Crippen LogP contribution in [0.15, 0.2) is 78.9 Å². The van der Waals surface area contributed by atoms with Crippen LogP contribution in [-0.4, -0.2) is 60.2 Å². The van der Waals surface area contributed by atoms with Gasteiger partial charge in [0.25, 0.3) is 17.7 Å². The Morgan fingerprint density at radius 3 is 2.18 bits per heavy atom. The summed E-state index contributed by atoms with van der Waals surface area (Å²) in [7, 11) is 0. The molecular weight excluding hydrogens is 589 g/mol. The molecule has 0 radical (unpaired) electrons. The maximum atomic E-state index is 14.0. The van der Waals surface area contributed by atoms with Crippen LogP contribution in [0.25, 0.3) is 11.1 Å². The van der Waals surface area contributed by atoms with E-state index in [2.05, 4.69) is 5.32 Å². The number of carbonyl (C=O) groups is 3. The molecule has 234 valence electrons. The fraction of sp³-hybridized carbons (Fsp3) is 0.323. The Bertz CT molecular complexity index is 1500. The van der Waals surface area contributed by atoms with Gasteiger partial charge >= 0.3 is 12.1 Å². The minimum atomic E-state index is -5.83. The quantitative estimate of drug-likeness (QED) is 0.166. The predicted molar refractivity (Wildman–Crippen MR) is 150 cm³/mol. The second-order valence-electron chi connectivity index (χ2n) is 10.3. The average Bonchev–Trinajstić information content (AvgIpc) is 3.08. The van der Waals surface area contributed by atoms with Gasteiger partial charge in [0, 0.05) is 25.1 Å². The maximum absolute atomic E-state index is 14.0. The highest BCUT2D eigenvalue weighted by atomic mass is 19.4. The van der Waals surface area contributed by atoms with Crippen molar-refractivity contribution >= 4 is 23.4 Å². The number of alkyl halides is 5. The Morgan fingerprint density at radius 2 is 1.50 bits per heavy atom. The minimum Gasteiger partial charge on any atom is -0.375 e. The van der Waals surface area contributed by atoms with Crippen LogP contribution in [0.4, 0.5) is 27.6 Å². The van der Waals surface area contributed by atoms with Crippen LogP contribution in [0.3, 0.4) is 0 Å². The van der Waals surface area contributed by atoms with Gasteiger partial charge in [-0.25, -0.2) is 0 Å². The molecule has 3 aromatic carbocycles. The van der Waals surface area contributed by atoms with Gasteiger partial charge in [-0.1, -0.05) is 72.8 Å². The molecule has 2 atom stereocenters. The zero-order chi connectivity index (χ0) is 32.1. The molecule has 8 nitrogen and oxygen atoms in total. The summed E-state index contributed by atoms with van der Waals surface area (Å²) in [4.78, 5) is 41.2. The van der Waals surface area contributed by atoms with Gasteiger partial charge in [0.1, 0.15) is 6.04 Å². The van der Waals surface area contributed by atoms with Gasteiger partial charge in [-0.3, -0.25) is 14.4 Å². The third kappa shape index (κ3) is 7.05. The van der Waals surface area contributed by atoms with Gasteiger partial charge in [-0.15, -0.1) is 0 Å². The molecule has 3 N–H and O–H groups in total. The first-order chi connectivity index (χ1) is 20.7. The number of fused-ring (bicyclic) bond motifs is 3. The van der Waals surface area contributed by atoms with E-state index in [1.165, 1.54) is 4.90 Å². The van der Waals surface area contributed by atoms with Crippen LogP contribution in [0.5, 0.6) is 0 Å². The molecule has 0 saturated carbocycles. The van der Waals surface area contributed by atoms with Gasteiger partial charge in [0.05, 0.1) is 18.9 Å². The highest BCUT2D eigenvalue weighted by Crippen LogP contribution is 2.40. The summed E-state index contributed by atoms with van der Waals surface area (Å²) in [6, 6.07) is 21.7. The molecule has 0 spiro atoms. The van der Waals surface area contributed by atoms with Crippen molar-refractivity contribution in [2.75, 3.05) is 24.6 Å². The topological polar surface area (TPSA) is 108 Å². The molecule has 0 saturated heterocycles. The fourth-order valence-electron chi connectivity index (χ4n) is 4.65. The van der Waals surface area contributed by atoms with E-state index in [-0.39, 0.29) is 19.8 Å². The molecule has 0 fully saturated rings. The number of hydrogen-bond donors (Lipinski definition) is 3. The summed E-state index contributed by atoms with van der Waals surface area (Å²) < 4.78 is 69.7. The number of anilines is 1. The van der Waals surface area contributed by atoms with Crippen molar-refractivity contribution in [3.63, 3.8) is 0 Å². The average molecular weight is 620 g/mol. The zero-order valence-corrected chi connectivity index (χ0v) is 23.5. The molecule has 44 heavy (non-hydrogen) atoms. The number of para-hydroxylation sites is 1. The number of hydrogen-bond acceptors (Lipinski definition) is 5. The van der Waals surface area contributed by atoms with Crippen LogP contribution in [0.2, 0.25) is 0 Å². The lowest BCUT2D eigenvalue weighted by Gasteiger charge is -2.29. The highest BCUT2D eigenvalue weighted by molar-refractivity contribution is 6.11. The van der Waals surface area contributed by atoms with Crippen molar-refractivity contribution in [1.82, 2.24) is 10.6 Å². The first kappa shape index (κ1) is 32.6. The summed E-state index contributed by atoms with van der Waals surface area (Å²) in [6.07, 6.45) is -7.63. The highest BCUT2D eigenvalue weighted by Gasteiger charge is 2.57. The van der Waals surface area contributed by atoms with Crippen LogP contribution in [0.1, 0.15) is 30.5 Å². The lowest BCUT2D eigenvalue weighted by atomic mass is 9.94. The molecule has 0 bridgehead atoms. The third-order valence-electron chi connectivity index (χ3n) is 7.14. The van der Waals surface area contributed by atoms with Crippen LogP contribution >= 0.6 is 0 Å². The van der Waals surface area contributed by atoms with E-state index >= 15 is 0 Å². The van der Waals surface area contributed by atoms with Gasteiger partial charge in [0.2, 0.25) is 5.60 Å². The molecule has 3 aromatic rings. The number of amides is 3. The minimum absolute atomic E-state index is 0.0767. The Labute approximate surface area is 249 Å². The number of rotatable bonds is 11. The molecule has 0 aliphatic carbocycles. The number of ether oxygens (including phenoxy) is 1. The summed E-state index contributed by atoms with van der Waals surface area (Å²) in [5.74, 6) is -8.58. The van der Waals surface area contributed by atoms with Crippen molar-refractivity contribution in [2.45, 2.75) is 43.7 Å². The molecule has 0 aromatic heterocycles. The van der Waals surface area contributed by atoms with E-state index < -0.39 is 54.4 Å². The molecule has 1 unspecified atom stereocenters. The van der Waals surface area contributed by atoms with Gasteiger partial charge in [-0.05, 0) is 29.7 Å². The lowest BCUT2D eigenvalue weighted by molar-refractivity contribution is -0.283. The maximum Gasteiger partial charge on any atom is 0.453 e. The number of benzene rings is 3. The summed E-state index contributed by atoms with van der Waals surface area (Å²) >= 11 is 0. The lowest BCUT2D eigenvalue weighted by Crippen LogP contribution is -2.57. The van der Waals surface area contributed by atoms with Crippen LogP contribution in [-0.2, 0) is 25.7 Å². The van der Waals surface area contributed by atoms with Gasteiger partial charge < -0.3 is 25.4 Å².